The van der Waals surface area contributed by atoms with Gasteiger partial charge in [-0.3, -0.25) is 0 Å². The summed E-state index contributed by atoms with van der Waals surface area (Å²) in [5.41, 5.74) is 15.3. The number of benzene rings is 6. The molecule has 0 spiro atoms. The van der Waals surface area contributed by atoms with Gasteiger partial charge < -0.3 is 24.8 Å². The number of halogens is 2. The molecule has 0 amide bonds. The van der Waals surface area contributed by atoms with Crippen molar-refractivity contribution in [3.63, 3.8) is 0 Å². The first-order chi connectivity index (χ1) is 23.7. The summed E-state index contributed by atoms with van der Waals surface area (Å²) in [6.45, 7) is 5.40. The molecule has 0 heterocycles. The van der Waals surface area contributed by atoms with E-state index in [0.29, 0.717) is 7.25 Å². The van der Waals surface area contributed by atoms with Gasteiger partial charge in [-0.15, -0.1) is 0 Å². The van der Waals surface area contributed by atoms with E-state index < -0.39 is 25.8 Å². The van der Waals surface area contributed by atoms with Crippen molar-refractivity contribution in [2.24, 2.45) is 11.8 Å². The maximum Gasteiger partial charge on any atom is -1.00 e. The Labute approximate surface area is 316 Å². The zero-order chi connectivity index (χ0) is 31.9. The van der Waals surface area contributed by atoms with E-state index in [1.54, 1.807) is 22.3 Å². The van der Waals surface area contributed by atoms with Crippen molar-refractivity contribution in [3.8, 4) is 22.3 Å². The summed E-state index contributed by atoms with van der Waals surface area (Å²) in [4.78, 5) is 0. The Kier molecular flexibility index (Phi) is 9.22. The molecule has 0 saturated heterocycles. The fraction of sp³-hybridized carbons (Fsp3) is 0.217. The first-order valence-corrected chi connectivity index (χ1v) is 27.0. The molecule has 6 aromatic rings. The van der Waals surface area contributed by atoms with Crippen LogP contribution in [0.3, 0.4) is 0 Å². The Balaban J connectivity index is 0.00000180. The Bertz CT molecular complexity index is 2230. The zero-order valence-electron chi connectivity index (χ0n) is 28.6. The fourth-order valence-electron chi connectivity index (χ4n) is 9.22. The molecule has 0 nitrogen and oxygen atoms in total. The molecule has 2 fully saturated rings. The average Bonchev–Trinajstić information content (AvgIpc) is 4.07. The Morgan fingerprint density at radius 3 is 1.26 bits per heavy atom. The normalized spacial score (nSPS) is 18.7. The van der Waals surface area contributed by atoms with Crippen LogP contribution in [-0.4, -0.2) is 5.43 Å². The van der Waals surface area contributed by atoms with Gasteiger partial charge in [0.25, 0.3) is 0 Å². The minimum atomic E-state index is -2.23. The molecule has 4 aliphatic rings. The molecule has 50 heavy (non-hydrogen) atoms. The average molecular weight is 783 g/mol. The maximum atomic E-state index is 2.73. The quantitative estimate of drug-likeness (QED) is 0.167. The summed E-state index contributed by atoms with van der Waals surface area (Å²) in [5.74, 6) is 1.58. The van der Waals surface area contributed by atoms with Crippen molar-refractivity contribution in [3.05, 3.63) is 155 Å². The summed E-state index contributed by atoms with van der Waals surface area (Å²) in [6, 6.07) is 46.4. The second-order valence-corrected chi connectivity index (χ2v) is 32.7. The summed E-state index contributed by atoms with van der Waals surface area (Å²) in [5, 5.41) is 5.41. The van der Waals surface area contributed by atoms with Crippen molar-refractivity contribution in [1.82, 2.24) is 0 Å². The Hall–Kier alpha value is -3.00. The van der Waals surface area contributed by atoms with Crippen molar-refractivity contribution in [1.29, 1.82) is 0 Å². The van der Waals surface area contributed by atoms with Crippen molar-refractivity contribution >= 4 is 39.1 Å². The third-order valence-electron chi connectivity index (χ3n) is 11.6. The molecule has 2 saturated carbocycles. The van der Waals surface area contributed by atoms with Crippen molar-refractivity contribution < 1.29 is 45.2 Å². The van der Waals surface area contributed by atoms with Gasteiger partial charge in [0, 0.05) is 0 Å². The minimum absolute atomic E-state index is 0. The van der Waals surface area contributed by atoms with Crippen LogP contribution in [0.25, 0.3) is 56.0 Å². The van der Waals surface area contributed by atoms with Crippen LogP contribution in [0.4, 0.5) is 0 Å². The largest absolute Gasteiger partial charge is 1.00 e. The molecule has 4 aliphatic carbocycles. The summed E-state index contributed by atoms with van der Waals surface area (Å²) >= 11 is -2.23. The van der Waals surface area contributed by atoms with Crippen LogP contribution < -0.4 is 24.8 Å². The molecule has 2 atom stereocenters. The predicted molar refractivity (Wildman–Crippen MR) is 203 cm³/mol. The Morgan fingerprint density at radius 2 is 0.840 bits per heavy atom. The van der Waals surface area contributed by atoms with Crippen LogP contribution in [0.1, 0.15) is 55.2 Å². The number of rotatable bonds is 6. The molecule has 10 rings (SSSR count). The minimum Gasteiger partial charge on any atom is -1.00 e. The van der Waals surface area contributed by atoms with Gasteiger partial charge in [0.1, 0.15) is 0 Å². The third-order valence-corrected chi connectivity index (χ3v) is 31.0. The molecule has 246 valence electrons. The van der Waals surface area contributed by atoms with Crippen LogP contribution in [0.2, 0.25) is 13.1 Å². The van der Waals surface area contributed by atoms with Gasteiger partial charge in [-0.1, -0.05) is 0 Å². The number of hydrogen-bond acceptors (Lipinski definition) is 0. The molecular formula is C46H40Cl2SiZr. The predicted octanol–water partition coefficient (Wildman–Crippen LogP) is 6.60. The molecule has 0 N–H and O–H groups in total. The summed E-state index contributed by atoms with van der Waals surface area (Å²) in [6.07, 6.45) is 11.0. The molecule has 4 heteroatoms. The monoisotopic (exact) mass is 780 g/mol. The van der Waals surface area contributed by atoms with Crippen molar-refractivity contribution in [2.45, 2.75) is 46.0 Å². The van der Waals surface area contributed by atoms with E-state index in [-0.39, 0.29) is 24.8 Å². The van der Waals surface area contributed by atoms with Crippen LogP contribution >= 0.6 is 0 Å². The van der Waals surface area contributed by atoms with E-state index in [4.69, 9.17) is 0 Å². The SMILES string of the molecule is C[Si](C)=[Zr+2]([CH]1C(C2CC2)=Cc2c(-c3cccc4ccccc34)cccc21)[CH]1C(C2CC2)=Cc2c(-c3cccc4ccccc34)cccc21.[Cl-].[Cl-]. The smallest absolute Gasteiger partial charge is 1.00 e. The van der Waals surface area contributed by atoms with E-state index in [0.717, 1.165) is 11.8 Å². The molecule has 0 bridgehead atoms. The molecule has 0 radical (unpaired) electrons. The topological polar surface area (TPSA) is 0 Å². The van der Waals surface area contributed by atoms with E-state index in [2.05, 4.69) is 147 Å². The fourth-order valence-corrected chi connectivity index (χ4v) is 29.7. The van der Waals surface area contributed by atoms with Gasteiger partial charge in [0.2, 0.25) is 0 Å². The second kappa shape index (κ2) is 13.5. The second-order valence-electron chi connectivity index (χ2n) is 14.8. The number of allylic oxidation sites excluding steroid dienone is 2. The standard InChI is InChI=1S/2C22H17.C2H6Si.2ClH.Zr/c2*1-2-8-19-16(5-1)6-3-9-20(19)21-10-4-7-17-13-18(14-22(17)21)15-11-12-15;1-3-2;;;/h2*1-10,13-15H,11-12H2;1-2H3;2*1H;/q;;;;;+2/p-2. The van der Waals surface area contributed by atoms with Crippen LogP contribution in [0.5, 0.6) is 0 Å². The van der Waals surface area contributed by atoms with Gasteiger partial charge in [0.05, 0.1) is 0 Å². The molecule has 0 aromatic heterocycles. The first-order valence-electron chi connectivity index (χ1n) is 18.0. The van der Waals surface area contributed by atoms with Crippen LogP contribution in [0, 0.1) is 11.8 Å². The maximum absolute atomic E-state index is 2.73. The van der Waals surface area contributed by atoms with Gasteiger partial charge in [0.15, 0.2) is 0 Å². The molecule has 2 unspecified atom stereocenters. The van der Waals surface area contributed by atoms with Gasteiger partial charge in [-0.05, 0) is 0 Å². The van der Waals surface area contributed by atoms with E-state index in [1.165, 1.54) is 69.5 Å². The third kappa shape index (κ3) is 5.58. The number of fused-ring (bicyclic) bond motifs is 4. The summed E-state index contributed by atoms with van der Waals surface area (Å²) < 4.78 is 1.38. The number of hydrogen-bond donors (Lipinski definition) is 0. The summed E-state index contributed by atoms with van der Waals surface area (Å²) in [7, 11) is 0. The molecular weight excluding hydrogens is 743 g/mol. The zero-order valence-corrected chi connectivity index (χ0v) is 33.6. The van der Waals surface area contributed by atoms with Gasteiger partial charge >= 0.3 is 294 Å². The van der Waals surface area contributed by atoms with Gasteiger partial charge in [-0.25, -0.2) is 0 Å². The van der Waals surface area contributed by atoms with Gasteiger partial charge in [-0.2, -0.15) is 0 Å². The first kappa shape index (κ1) is 34.1. The molecule has 0 aliphatic heterocycles. The van der Waals surface area contributed by atoms with Crippen LogP contribution in [-0.2, 0) is 20.4 Å². The van der Waals surface area contributed by atoms with E-state index in [1.807, 2.05) is 11.1 Å². The van der Waals surface area contributed by atoms with E-state index >= 15 is 0 Å². The molecule has 6 aromatic carbocycles. The Morgan fingerprint density at radius 1 is 0.460 bits per heavy atom. The van der Waals surface area contributed by atoms with Crippen LogP contribution in [0.15, 0.2) is 132 Å². The van der Waals surface area contributed by atoms with Crippen molar-refractivity contribution in [2.75, 3.05) is 0 Å². The van der Waals surface area contributed by atoms with E-state index in [9.17, 15) is 0 Å².